The molecular weight excluding hydrogens is 485 g/mol. The largest absolute Gasteiger partial charge is 0.391 e. The molecule has 2 aromatic carbocycles. The number of para-hydroxylation sites is 2. The zero-order chi connectivity index (χ0) is 26.3. The lowest BCUT2D eigenvalue weighted by atomic mass is 10.0. The quantitative estimate of drug-likeness (QED) is 0.373. The number of imidazole rings is 1. The fourth-order valence-corrected chi connectivity index (χ4v) is 4.55. The van der Waals surface area contributed by atoms with Crippen molar-refractivity contribution in [1.29, 1.82) is 0 Å². The first-order valence-electron chi connectivity index (χ1n) is 11.6. The maximum absolute atomic E-state index is 13.4. The van der Waals surface area contributed by atoms with Gasteiger partial charge in [-0.2, -0.15) is 18.3 Å². The van der Waals surface area contributed by atoms with Crippen molar-refractivity contribution in [2.24, 2.45) is 7.05 Å². The molecule has 0 saturated carbocycles. The molecule has 0 fully saturated rings. The van der Waals surface area contributed by atoms with Gasteiger partial charge in [0.25, 0.3) is 0 Å². The van der Waals surface area contributed by atoms with E-state index in [2.05, 4.69) is 15.4 Å². The Kier molecular flexibility index (Phi) is 6.06. The van der Waals surface area contributed by atoms with Crippen LogP contribution in [0.25, 0.3) is 38.8 Å². The first-order valence-corrected chi connectivity index (χ1v) is 11.6. The lowest BCUT2D eigenvalue weighted by Gasteiger charge is -2.16. The van der Waals surface area contributed by atoms with Gasteiger partial charge in [0, 0.05) is 30.2 Å². The Bertz CT molecular complexity index is 1660. The van der Waals surface area contributed by atoms with E-state index in [0.29, 0.717) is 16.7 Å². The van der Waals surface area contributed by atoms with Gasteiger partial charge >= 0.3 is 11.9 Å². The summed E-state index contributed by atoms with van der Waals surface area (Å²) >= 11 is 0. The van der Waals surface area contributed by atoms with Gasteiger partial charge in [-0.15, -0.1) is 0 Å². The van der Waals surface area contributed by atoms with Crippen LogP contribution in [-0.2, 0) is 18.4 Å². The highest BCUT2D eigenvalue weighted by Crippen LogP contribution is 2.28. The van der Waals surface area contributed by atoms with Crippen molar-refractivity contribution < 1.29 is 18.0 Å². The summed E-state index contributed by atoms with van der Waals surface area (Å²) in [6, 6.07) is 13.2. The number of aryl methyl sites for hydroxylation is 1. The summed E-state index contributed by atoms with van der Waals surface area (Å²) in [7, 11) is 1.84. The zero-order valence-electron chi connectivity index (χ0n) is 20.0. The van der Waals surface area contributed by atoms with Gasteiger partial charge in [0.2, 0.25) is 5.91 Å². The monoisotopic (exact) mass is 508 g/mol. The number of carbonyl (C=O) groups is 1. The molecule has 0 bridgehead atoms. The number of nitrogens with zero attached hydrogens (tertiary/aromatic N) is 5. The number of hydrogen-bond donors (Lipinski definition) is 1. The van der Waals surface area contributed by atoms with Crippen molar-refractivity contribution in [3.05, 3.63) is 77.6 Å². The molecule has 5 aromatic rings. The highest BCUT2D eigenvalue weighted by atomic mass is 19.4. The molecule has 0 aliphatic carbocycles. The molecule has 0 radical (unpaired) electrons. The van der Waals surface area contributed by atoms with Crippen LogP contribution in [0.2, 0.25) is 0 Å². The minimum absolute atomic E-state index is 0.401. The van der Waals surface area contributed by atoms with Crippen LogP contribution in [0, 0.1) is 0 Å². The second-order valence-corrected chi connectivity index (χ2v) is 8.92. The normalized spacial score (nSPS) is 12.8. The van der Waals surface area contributed by atoms with Gasteiger partial charge in [-0.1, -0.05) is 24.3 Å². The van der Waals surface area contributed by atoms with Gasteiger partial charge in [0.1, 0.15) is 6.54 Å². The van der Waals surface area contributed by atoms with E-state index in [4.69, 9.17) is 0 Å². The van der Waals surface area contributed by atoms with Crippen molar-refractivity contribution in [2.45, 2.75) is 32.1 Å². The lowest BCUT2D eigenvalue weighted by Crippen LogP contribution is -2.39. The van der Waals surface area contributed by atoms with Crippen molar-refractivity contribution in [3.8, 4) is 16.8 Å². The van der Waals surface area contributed by atoms with E-state index in [9.17, 15) is 22.8 Å². The van der Waals surface area contributed by atoms with Crippen molar-refractivity contribution in [1.82, 2.24) is 29.2 Å². The van der Waals surface area contributed by atoms with E-state index in [0.717, 1.165) is 22.0 Å². The Morgan fingerprint density at radius 2 is 1.70 bits per heavy atom. The molecule has 0 saturated heterocycles. The molecule has 1 amide bonds. The third-order valence-electron chi connectivity index (χ3n) is 6.19. The van der Waals surface area contributed by atoms with E-state index >= 15 is 0 Å². The first-order chi connectivity index (χ1) is 17.6. The predicted octanol–water partition coefficient (Wildman–Crippen LogP) is 4.20. The summed E-state index contributed by atoms with van der Waals surface area (Å²) in [5.41, 5.74) is 3.88. The van der Waals surface area contributed by atoms with Crippen molar-refractivity contribution in [3.63, 3.8) is 0 Å². The molecule has 37 heavy (non-hydrogen) atoms. The number of fused-ring (bicyclic) bond motifs is 2. The van der Waals surface area contributed by atoms with Crippen LogP contribution in [0.1, 0.15) is 13.3 Å². The number of amides is 1. The predicted molar refractivity (Wildman–Crippen MR) is 133 cm³/mol. The van der Waals surface area contributed by atoms with Gasteiger partial charge in [0.15, 0.2) is 0 Å². The lowest BCUT2D eigenvalue weighted by molar-refractivity contribution is -0.141. The van der Waals surface area contributed by atoms with Crippen LogP contribution in [0.5, 0.6) is 0 Å². The average molecular weight is 509 g/mol. The molecule has 0 aliphatic heterocycles. The number of benzene rings is 2. The Labute approximate surface area is 209 Å². The standard InChI is InChI=1S/C26H23F3N6O2/c1-16(11-26(27,28)29)32-24(36)15-34-21-5-3-4-6-22(21)35(25(34)37)18-9-7-17(8-10-18)19-12-30-14-23-20(19)13-31-33(23)2/h3-10,12-14,16H,11,15H2,1-2H3,(H,32,36)/t16-/m0/s1. The minimum Gasteiger partial charge on any atom is -0.352 e. The Balaban J connectivity index is 1.48. The molecule has 0 unspecified atom stereocenters. The fraction of sp³-hybridized carbons (Fsp3) is 0.231. The summed E-state index contributed by atoms with van der Waals surface area (Å²) in [5.74, 6) is -0.672. The van der Waals surface area contributed by atoms with Crippen LogP contribution in [0.3, 0.4) is 0 Å². The van der Waals surface area contributed by atoms with Crippen molar-refractivity contribution in [2.75, 3.05) is 0 Å². The summed E-state index contributed by atoms with van der Waals surface area (Å²) in [6.45, 7) is 0.877. The SMILES string of the molecule is C[C@@H](CC(F)(F)F)NC(=O)Cn1c(=O)n(-c2ccc(-c3cncc4c3cnn4C)cc2)c2ccccc21. The van der Waals surface area contributed by atoms with Crippen molar-refractivity contribution >= 4 is 27.8 Å². The van der Waals surface area contributed by atoms with Gasteiger partial charge in [-0.25, -0.2) is 4.79 Å². The maximum atomic E-state index is 13.4. The second-order valence-electron chi connectivity index (χ2n) is 8.92. The molecule has 190 valence electrons. The molecule has 5 rings (SSSR count). The molecule has 8 nitrogen and oxygen atoms in total. The summed E-state index contributed by atoms with van der Waals surface area (Å²) in [5, 5.41) is 7.57. The molecule has 0 spiro atoms. The molecule has 11 heteroatoms. The van der Waals surface area contributed by atoms with Crippen LogP contribution in [-0.4, -0.2) is 42.0 Å². The van der Waals surface area contributed by atoms with Crippen LogP contribution in [0.15, 0.2) is 71.9 Å². The fourth-order valence-electron chi connectivity index (χ4n) is 4.55. The number of alkyl halides is 3. The zero-order valence-corrected chi connectivity index (χ0v) is 20.0. The van der Waals surface area contributed by atoms with Crippen LogP contribution < -0.4 is 11.0 Å². The highest BCUT2D eigenvalue weighted by molar-refractivity contribution is 5.93. The van der Waals surface area contributed by atoms with Crippen LogP contribution >= 0.6 is 0 Å². The Hall–Kier alpha value is -4.41. The number of nitrogens with one attached hydrogen (secondary N) is 1. The summed E-state index contributed by atoms with van der Waals surface area (Å²) in [4.78, 5) is 30.2. The van der Waals surface area contributed by atoms with Gasteiger partial charge in [-0.05, 0) is 36.8 Å². The van der Waals surface area contributed by atoms with E-state index in [-0.39, 0.29) is 0 Å². The van der Waals surface area contributed by atoms with Gasteiger partial charge in [0.05, 0.1) is 41.1 Å². The van der Waals surface area contributed by atoms with E-state index in [1.165, 1.54) is 16.1 Å². The average Bonchev–Trinajstić information content (AvgIpc) is 3.35. The number of rotatable bonds is 6. The smallest absolute Gasteiger partial charge is 0.352 e. The van der Waals surface area contributed by atoms with E-state index in [1.807, 2.05) is 19.2 Å². The minimum atomic E-state index is -4.40. The maximum Gasteiger partial charge on any atom is 0.391 e. The molecule has 3 heterocycles. The molecule has 1 N–H and O–H groups in total. The van der Waals surface area contributed by atoms with E-state index < -0.39 is 36.8 Å². The number of pyridine rings is 1. The van der Waals surface area contributed by atoms with Gasteiger partial charge in [-0.3, -0.25) is 23.6 Å². The highest BCUT2D eigenvalue weighted by Gasteiger charge is 2.30. The third-order valence-corrected chi connectivity index (χ3v) is 6.19. The Morgan fingerprint density at radius 3 is 2.41 bits per heavy atom. The second kappa shape index (κ2) is 9.23. The topological polar surface area (TPSA) is 86.7 Å². The third kappa shape index (κ3) is 4.72. The number of carbonyl (C=O) groups excluding carboxylic acids is 1. The molecular formula is C26H23F3N6O2. The first kappa shape index (κ1) is 24.3. The Morgan fingerprint density at radius 1 is 1.00 bits per heavy atom. The molecule has 3 aromatic heterocycles. The summed E-state index contributed by atoms with van der Waals surface area (Å²) in [6.07, 6.45) is -0.266. The summed E-state index contributed by atoms with van der Waals surface area (Å²) < 4.78 is 42.4. The van der Waals surface area contributed by atoms with Crippen LogP contribution in [0.4, 0.5) is 13.2 Å². The van der Waals surface area contributed by atoms with E-state index in [1.54, 1.807) is 59.7 Å². The number of halogens is 3. The molecule has 0 aliphatic rings. The van der Waals surface area contributed by atoms with Gasteiger partial charge < -0.3 is 5.32 Å². The number of hydrogen-bond acceptors (Lipinski definition) is 4. The number of aromatic nitrogens is 5. The molecule has 1 atom stereocenters.